The Bertz CT molecular complexity index is 1220. The van der Waals surface area contributed by atoms with Crippen LogP contribution in [0.5, 0.6) is 5.75 Å². The summed E-state index contributed by atoms with van der Waals surface area (Å²) in [5.41, 5.74) is 3.05. The molecule has 34 heavy (non-hydrogen) atoms. The summed E-state index contributed by atoms with van der Waals surface area (Å²) in [6.45, 7) is 7.04. The molecule has 1 saturated heterocycles. The monoisotopic (exact) mass is 476 g/mol. The molecule has 176 valence electrons. The zero-order valence-corrected chi connectivity index (χ0v) is 20.3. The van der Waals surface area contributed by atoms with Gasteiger partial charge in [-0.15, -0.1) is 10.2 Å². The molecule has 3 heterocycles. The molecule has 1 amide bonds. The highest BCUT2D eigenvalue weighted by Crippen LogP contribution is 2.27. The molecule has 1 N–H and O–H groups in total. The van der Waals surface area contributed by atoms with Gasteiger partial charge in [-0.1, -0.05) is 29.0 Å². The summed E-state index contributed by atoms with van der Waals surface area (Å²) < 4.78 is 7.88. The van der Waals surface area contributed by atoms with Gasteiger partial charge in [-0.3, -0.25) is 10.1 Å². The molecule has 4 rings (SSSR count). The van der Waals surface area contributed by atoms with Crippen molar-refractivity contribution in [1.82, 2.24) is 14.8 Å². The molecule has 0 unspecified atom stereocenters. The number of carbonyl (C=O) groups excluding carboxylic acids is 1. The fourth-order valence-electron chi connectivity index (χ4n) is 3.92. The number of amides is 1. The van der Waals surface area contributed by atoms with Gasteiger partial charge in [-0.2, -0.15) is 5.26 Å². The van der Waals surface area contributed by atoms with Crippen molar-refractivity contribution in [2.45, 2.75) is 39.7 Å². The van der Waals surface area contributed by atoms with E-state index in [0.29, 0.717) is 18.3 Å². The number of nitrogens with one attached hydrogen (secondary N) is 1. The van der Waals surface area contributed by atoms with E-state index >= 15 is 0 Å². The Balaban J connectivity index is 1.38. The van der Waals surface area contributed by atoms with Gasteiger partial charge in [0.15, 0.2) is 0 Å². The van der Waals surface area contributed by atoms with E-state index in [4.69, 9.17) is 4.74 Å². The molecular formula is C25H28N6O2S. The number of ether oxygens (including phenoxy) is 1. The second-order valence-electron chi connectivity index (χ2n) is 8.31. The molecule has 0 radical (unpaired) electrons. The van der Waals surface area contributed by atoms with Gasteiger partial charge in [-0.05, 0) is 62.9 Å². The predicted molar refractivity (Wildman–Crippen MR) is 134 cm³/mol. The highest BCUT2D eigenvalue weighted by Gasteiger charge is 2.18. The number of rotatable bonds is 8. The number of nitrogens with zero attached hydrogens (tertiary/aromatic N) is 5. The van der Waals surface area contributed by atoms with Crippen LogP contribution < -0.4 is 15.0 Å². The molecule has 0 saturated carbocycles. The zero-order chi connectivity index (χ0) is 23.9. The zero-order valence-electron chi connectivity index (χ0n) is 19.5. The van der Waals surface area contributed by atoms with Crippen molar-refractivity contribution in [3.8, 4) is 11.8 Å². The fraction of sp³-hybridized carbons (Fsp3) is 0.360. The maximum Gasteiger partial charge on any atom is 0.268 e. The maximum atomic E-state index is 12.7. The van der Waals surface area contributed by atoms with E-state index in [1.54, 1.807) is 6.08 Å². The first-order valence-electron chi connectivity index (χ1n) is 11.4. The summed E-state index contributed by atoms with van der Waals surface area (Å²) in [6.07, 6.45) is 6.99. The van der Waals surface area contributed by atoms with Crippen molar-refractivity contribution in [3.05, 3.63) is 58.9 Å². The number of nitriles is 1. The Labute approximate surface area is 203 Å². The summed E-state index contributed by atoms with van der Waals surface area (Å²) in [6, 6.07) is 11.8. The van der Waals surface area contributed by atoms with Crippen LogP contribution in [0, 0.1) is 25.2 Å². The summed E-state index contributed by atoms with van der Waals surface area (Å²) in [5, 5.41) is 21.8. The number of carbonyl (C=O) groups is 1. The number of hydrogen-bond acceptors (Lipinski definition) is 7. The van der Waals surface area contributed by atoms with Crippen LogP contribution in [0.25, 0.3) is 6.08 Å². The van der Waals surface area contributed by atoms with Crippen LogP contribution in [0.1, 0.15) is 36.1 Å². The van der Waals surface area contributed by atoms with Crippen LogP contribution in [-0.2, 0) is 11.3 Å². The van der Waals surface area contributed by atoms with Gasteiger partial charge < -0.3 is 14.2 Å². The lowest BCUT2D eigenvalue weighted by molar-refractivity contribution is -0.112. The van der Waals surface area contributed by atoms with E-state index in [0.717, 1.165) is 48.1 Å². The third-order valence-electron chi connectivity index (χ3n) is 5.70. The molecule has 2 aromatic heterocycles. The predicted octanol–water partition coefficient (Wildman–Crippen LogP) is 4.57. The third-order valence-corrected chi connectivity index (χ3v) is 6.60. The fourth-order valence-corrected chi connectivity index (χ4v) is 4.71. The quantitative estimate of drug-likeness (QED) is 0.378. The van der Waals surface area contributed by atoms with E-state index in [-0.39, 0.29) is 5.57 Å². The van der Waals surface area contributed by atoms with E-state index < -0.39 is 5.91 Å². The van der Waals surface area contributed by atoms with Crippen molar-refractivity contribution >= 4 is 33.6 Å². The topological polar surface area (TPSA) is 96.1 Å². The summed E-state index contributed by atoms with van der Waals surface area (Å²) in [5.74, 6) is 0.357. The Morgan fingerprint density at radius 2 is 2.06 bits per heavy atom. The van der Waals surface area contributed by atoms with Crippen LogP contribution in [0.15, 0.2) is 42.1 Å². The van der Waals surface area contributed by atoms with Crippen LogP contribution in [-0.4, -0.2) is 40.4 Å². The van der Waals surface area contributed by atoms with Crippen LogP contribution in [0.3, 0.4) is 0 Å². The van der Waals surface area contributed by atoms with Crippen LogP contribution in [0.2, 0.25) is 0 Å². The number of aryl methyl sites for hydroxylation is 2. The molecule has 1 aromatic carbocycles. The number of aromatic nitrogens is 3. The molecule has 0 bridgehead atoms. The lowest BCUT2D eigenvalue weighted by Gasteiger charge is -2.25. The standard InChI is InChI=1S/C25H28N6O2S/c1-18-8-9-22(19(2)15-18)33-14-13-30-12-6-7-21(30)16-20(17-26)23(32)27-24-28-29-25(34-24)31-10-4-3-5-11-31/h6-9,12,15-16H,3-5,10-11,13-14H2,1-2H3,(H,27,28,32)/b20-16-. The van der Waals surface area contributed by atoms with Crippen molar-refractivity contribution in [3.63, 3.8) is 0 Å². The lowest BCUT2D eigenvalue weighted by Crippen LogP contribution is -2.29. The second-order valence-corrected chi connectivity index (χ2v) is 9.26. The van der Waals surface area contributed by atoms with E-state index in [9.17, 15) is 10.1 Å². The van der Waals surface area contributed by atoms with Crippen molar-refractivity contribution < 1.29 is 9.53 Å². The lowest BCUT2D eigenvalue weighted by atomic mass is 10.1. The maximum absolute atomic E-state index is 12.7. The van der Waals surface area contributed by atoms with Gasteiger partial charge in [-0.25, -0.2) is 0 Å². The Morgan fingerprint density at radius 1 is 1.24 bits per heavy atom. The first-order valence-corrected chi connectivity index (χ1v) is 12.2. The largest absolute Gasteiger partial charge is 0.491 e. The first kappa shape index (κ1) is 23.5. The number of piperidine rings is 1. The average molecular weight is 477 g/mol. The van der Waals surface area contributed by atoms with E-state index in [1.807, 2.05) is 48.0 Å². The summed E-state index contributed by atoms with van der Waals surface area (Å²) in [4.78, 5) is 14.9. The van der Waals surface area contributed by atoms with Gasteiger partial charge in [0.05, 0.1) is 6.54 Å². The van der Waals surface area contributed by atoms with E-state index in [2.05, 4.69) is 33.4 Å². The third kappa shape index (κ3) is 5.83. The summed E-state index contributed by atoms with van der Waals surface area (Å²) in [7, 11) is 0. The van der Waals surface area contributed by atoms with Crippen molar-refractivity contribution in [2.24, 2.45) is 0 Å². The van der Waals surface area contributed by atoms with Crippen molar-refractivity contribution in [1.29, 1.82) is 5.26 Å². The Hall–Kier alpha value is -3.64. The molecular weight excluding hydrogens is 448 g/mol. The molecule has 1 fully saturated rings. The molecule has 3 aromatic rings. The Kier molecular flexibility index (Phi) is 7.60. The van der Waals surface area contributed by atoms with Crippen LogP contribution in [0.4, 0.5) is 10.3 Å². The highest BCUT2D eigenvalue weighted by molar-refractivity contribution is 7.19. The number of hydrogen-bond donors (Lipinski definition) is 1. The molecule has 8 nitrogen and oxygen atoms in total. The molecule has 0 atom stereocenters. The SMILES string of the molecule is Cc1ccc(OCCn2cccc2/C=C(/C#N)C(=O)Nc2nnc(N3CCCCC3)s2)c(C)c1. The summed E-state index contributed by atoms with van der Waals surface area (Å²) >= 11 is 1.33. The normalized spacial score (nSPS) is 14.0. The first-order chi connectivity index (χ1) is 16.5. The minimum absolute atomic E-state index is 0.00460. The van der Waals surface area contributed by atoms with Crippen molar-refractivity contribution in [2.75, 3.05) is 29.9 Å². The van der Waals surface area contributed by atoms with Gasteiger partial charge in [0.2, 0.25) is 10.3 Å². The molecule has 0 spiro atoms. The van der Waals surface area contributed by atoms with Gasteiger partial charge >= 0.3 is 0 Å². The second kappa shape index (κ2) is 11.0. The number of anilines is 2. The minimum Gasteiger partial charge on any atom is -0.491 e. The Morgan fingerprint density at radius 3 is 2.82 bits per heavy atom. The van der Waals surface area contributed by atoms with E-state index in [1.165, 1.54) is 23.3 Å². The highest BCUT2D eigenvalue weighted by atomic mass is 32.1. The molecule has 0 aliphatic carbocycles. The number of benzene rings is 1. The van der Waals surface area contributed by atoms with Gasteiger partial charge in [0.25, 0.3) is 5.91 Å². The van der Waals surface area contributed by atoms with Gasteiger partial charge in [0, 0.05) is 25.0 Å². The minimum atomic E-state index is -0.497. The molecule has 1 aliphatic heterocycles. The van der Waals surface area contributed by atoms with Gasteiger partial charge in [0.1, 0.15) is 24.0 Å². The van der Waals surface area contributed by atoms with Crippen LogP contribution >= 0.6 is 11.3 Å². The molecule has 9 heteroatoms. The smallest absolute Gasteiger partial charge is 0.268 e. The molecule has 1 aliphatic rings. The average Bonchev–Trinajstić information content (AvgIpc) is 3.49.